The number of anilines is 2. The van der Waals surface area contributed by atoms with Crippen LogP contribution < -0.4 is 14.4 Å². The molecule has 0 fully saturated rings. The Bertz CT molecular complexity index is 1870. The van der Waals surface area contributed by atoms with Crippen molar-refractivity contribution < 1.29 is 26.4 Å². The van der Waals surface area contributed by atoms with Gasteiger partial charge in [0.1, 0.15) is 10.6 Å². The van der Waals surface area contributed by atoms with E-state index in [2.05, 4.69) is 5.32 Å². The summed E-state index contributed by atoms with van der Waals surface area (Å²) >= 11 is 12.1. The fraction of sp³-hybridized carbons (Fsp3) is 0.167. The summed E-state index contributed by atoms with van der Waals surface area (Å²) in [5.74, 6) is -0.533. The lowest BCUT2D eigenvalue weighted by Crippen LogP contribution is -2.37. The van der Waals surface area contributed by atoms with Crippen molar-refractivity contribution in [3.05, 3.63) is 112 Å². The molecule has 1 aliphatic rings. The molecule has 43 heavy (non-hydrogen) atoms. The van der Waals surface area contributed by atoms with Crippen LogP contribution in [0, 0.1) is 0 Å². The van der Waals surface area contributed by atoms with Crippen molar-refractivity contribution in [2.45, 2.75) is 22.8 Å². The van der Waals surface area contributed by atoms with Crippen molar-refractivity contribution in [1.82, 2.24) is 4.31 Å². The lowest BCUT2D eigenvalue weighted by atomic mass is 10.1. The molecule has 4 aromatic rings. The molecule has 0 saturated carbocycles. The topological polar surface area (TPSA) is 113 Å². The molecule has 0 saturated heterocycles. The minimum Gasteiger partial charge on any atom is -0.495 e. The van der Waals surface area contributed by atoms with Crippen molar-refractivity contribution in [1.29, 1.82) is 0 Å². The number of amides is 1. The first-order valence-electron chi connectivity index (χ1n) is 13.1. The molecule has 9 nitrogen and oxygen atoms in total. The van der Waals surface area contributed by atoms with Crippen molar-refractivity contribution in [3.8, 4) is 5.75 Å². The third kappa shape index (κ3) is 6.66. The molecule has 13 heteroatoms. The van der Waals surface area contributed by atoms with Gasteiger partial charge in [-0.05, 0) is 72.1 Å². The number of ether oxygens (including phenoxy) is 1. The largest absolute Gasteiger partial charge is 0.495 e. The fourth-order valence-electron chi connectivity index (χ4n) is 4.78. The van der Waals surface area contributed by atoms with Gasteiger partial charge in [0, 0.05) is 28.8 Å². The highest BCUT2D eigenvalue weighted by atomic mass is 35.5. The van der Waals surface area contributed by atoms with Crippen LogP contribution >= 0.6 is 23.2 Å². The highest BCUT2D eigenvalue weighted by molar-refractivity contribution is 7.92. The highest BCUT2D eigenvalue weighted by Crippen LogP contribution is 2.36. The number of nitrogens with zero attached hydrogens (tertiary/aromatic N) is 2. The number of carbonyl (C=O) groups is 1. The molecule has 1 heterocycles. The van der Waals surface area contributed by atoms with Crippen LogP contribution in [0.15, 0.2) is 101 Å². The summed E-state index contributed by atoms with van der Waals surface area (Å²) in [5.41, 5.74) is 2.22. The first kappa shape index (κ1) is 30.8. The lowest BCUT2D eigenvalue weighted by molar-refractivity contribution is -0.116. The summed E-state index contributed by atoms with van der Waals surface area (Å²) in [4.78, 5) is 13.2. The molecule has 1 N–H and O–H groups in total. The van der Waals surface area contributed by atoms with Crippen molar-refractivity contribution in [2.75, 3.05) is 29.8 Å². The number of hydrogen-bond acceptors (Lipinski definition) is 6. The van der Waals surface area contributed by atoms with Crippen LogP contribution in [0.25, 0.3) is 0 Å². The zero-order valence-electron chi connectivity index (χ0n) is 22.9. The van der Waals surface area contributed by atoms with Gasteiger partial charge >= 0.3 is 0 Å². The quantitative estimate of drug-likeness (QED) is 0.238. The van der Waals surface area contributed by atoms with Crippen LogP contribution in [0.2, 0.25) is 10.0 Å². The maximum absolute atomic E-state index is 13.8. The van der Waals surface area contributed by atoms with Crippen LogP contribution in [-0.4, -0.2) is 47.2 Å². The van der Waals surface area contributed by atoms with Gasteiger partial charge < -0.3 is 10.1 Å². The fourth-order valence-corrected chi connectivity index (χ4v) is 8.20. The summed E-state index contributed by atoms with van der Waals surface area (Å²) in [6, 6.07) is 24.0. The normalized spacial score (nSPS) is 13.2. The number of fused-ring (bicyclic) bond motifs is 1. The van der Waals surface area contributed by atoms with Crippen LogP contribution in [-0.2, 0) is 37.8 Å². The second-order valence-electron chi connectivity index (χ2n) is 9.73. The van der Waals surface area contributed by atoms with Crippen LogP contribution in [0.5, 0.6) is 5.75 Å². The van der Waals surface area contributed by atoms with E-state index < -0.39 is 32.5 Å². The van der Waals surface area contributed by atoms with E-state index in [1.807, 2.05) is 0 Å². The summed E-state index contributed by atoms with van der Waals surface area (Å²) < 4.78 is 62.1. The highest BCUT2D eigenvalue weighted by Gasteiger charge is 2.32. The number of carbonyl (C=O) groups excluding carboxylic acids is 1. The Morgan fingerprint density at radius 2 is 1.60 bits per heavy atom. The van der Waals surface area contributed by atoms with E-state index in [0.717, 1.165) is 9.87 Å². The van der Waals surface area contributed by atoms with E-state index >= 15 is 0 Å². The monoisotopic (exact) mass is 659 g/mol. The Labute approximate surface area is 260 Å². The van der Waals surface area contributed by atoms with Gasteiger partial charge in [-0.3, -0.25) is 9.10 Å². The number of nitrogens with one attached hydrogen (secondary N) is 1. The molecule has 0 radical (unpaired) electrons. The molecule has 0 unspecified atom stereocenters. The first-order chi connectivity index (χ1) is 20.5. The van der Waals surface area contributed by atoms with Gasteiger partial charge in [0.25, 0.3) is 10.0 Å². The van der Waals surface area contributed by atoms with Crippen molar-refractivity contribution in [3.63, 3.8) is 0 Å². The van der Waals surface area contributed by atoms with Gasteiger partial charge in [0.2, 0.25) is 15.9 Å². The van der Waals surface area contributed by atoms with Crippen molar-refractivity contribution in [2.24, 2.45) is 0 Å². The minimum atomic E-state index is -4.26. The van der Waals surface area contributed by atoms with E-state index in [9.17, 15) is 21.6 Å². The number of hydrogen-bond donors (Lipinski definition) is 1. The van der Waals surface area contributed by atoms with E-state index in [1.165, 1.54) is 53.9 Å². The molecule has 224 valence electrons. The molecule has 4 aromatic carbocycles. The second kappa shape index (κ2) is 12.6. The first-order valence-corrected chi connectivity index (χ1v) is 16.7. The molecular formula is C30H27Cl2N3O6S2. The SMILES string of the molecule is COc1ccc(Cl)cc1S(=O)(=O)N(CC(=O)Nc1ccc2c(c1)N(S(=O)(=O)c1ccc(Cl)cc1)CC2)Cc1ccccc1. The van der Waals surface area contributed by atoms with E-state index in [1.54, 1.807) is 48.5 Å². The molecule has 0 bridgehead atoms. The average molecular weight is 661 g/mol. The number of halogens is 2. The zero-order chi connectivity index (χ0) is 30.8. The Morgan fingerprint density at radius 3 is 2.30 bits per heavy atom. The zero-order valence-corrected chi connectivity index (χ0v) is 26.0. The van der Waals surface area contributed by atoms with Crippen LogP contribution in [0.3, 0.4) is 0 Å². The van der Waals surface area contributed by atoms with E-state index in [4.69, 9.17) is 27.9 Å². The summed E-state index contributed by atoms with van der Waals surface area (Å²) in [7, 11) is -6.79. The maximum Gasteiger partial charge on any atom is 0.264 e. The van der Waals surface area contributed by atoms with Gasteiger partial charge in [-0.2, -0.15) is 4.31 Å². The summed E-state index contributed by atoms with van der Waals surface area (Å²) in [6.07, 6.45) is 0.501. The molecular weight excluding hydrogens is 633 g/mol. The van der Waals surface area contributed by atoms with E-state index in [0.29, 0.717) is 28.4 Å². The molecule has 1 aliphatic heterocycles. The number of methoxy groups -OCH3 is 1. The summed E-state index contributed by atoms with van der Waals surface area (Å²) in [6.45, 7) is -0.386. The maximum atomic E-state index is 13.8. The molecule has 0 atom stereocenters. The molecule has 1 amide bonds. The standard InChI is InChI=1S/C30H27Cl2N3O6S2/c1-41-28-14-10-24(32)17-29(28)43(39,40)34(19-21-5-3-2-4-6-21)20-30(36)33-25-11-7-22-15-16-35(27(22)18-25)42(37,38)26-12-8-23(31)9-13-26/h2-14,17-18H,15-16,19-20H2,1H3,(H,33,36). The predicted molar refractivity (Wildman–Crippen MR) is 167 cm³/mol. The Morgan fingerprint density at radius 1 is 0.907 bits per heavy atom. The predicted octanol–water partition coefficient (Wildman–Crippen LogP) is 5.58. The number of benzene rings is 4. The lowest BCUT2D eigenvalue weighted by Gasteiger charge is -2.23. The Balaban J connectivity index is 1.41. The van der Waals surface area contributed by atoms with Gasteiger partial charge in [0.15, 0.2) is 0 Å². The van der Waals surface area contributed by atoms with Crippen LogP contribution in [0.4, 0.5) is 11.4 Å². The third-order valence-electron chi connectivity index (χ3n) is 6.89. The minimum absolute atomic E-state index is 0.0866. The van der Waals surface area contributed by atoms with Gasteiger partial charge in [-0.25, -0.2) is 16.8 Å². The smallest absolute Gasteiger partial charge is 0.264 e. The van der Waals surface area contributed by atoms with Gasteiger partial charge in [0.05, 0.1) is 24.2 Å². The number of sulfonamides is 2. The molecule has 0 aliphatic carbocycles. The van der Waals surface area contributed by atoms with Gasteiger partial charge in [-0.15, -0.1) is 0 Å². The molecule has 0 spiro atoms. The third-order valence-corrected chi connectivity index (χ3v) is 11.0. The Hall–Kier alpha value is -3.61. The average Bonchev–Trinajstić information content (AvgIpc) is 3.42. The van der Waals surface area contributed by atoms with E-state index in [-0.39, 0.29) is 33.7 Å². The summed E-state index contributed by atoms with van der Waals surface area (Å²) in [5, 5.41) is 3.34. The van der Waals surface area contributed by atoms with Crippen molar-refractivity contribution >= 4 is 60.5 Å². The second-order valence-corrected chi connectivity index (χ2v) is 14.4. The van der Waals surface area contributed by atoms with Gasteiger partial charge in [-0.1, -0.05) is 59.6 Å². The molecule has 5 rings (SSSR count). The molecule has 0 aromatic heterocycles. The Kier molecular flexibility index (Phi) is 9.00. The van der Waals surface area contributed by atoms with Crippen LogP contribution in [0.1, 0.15) is 11.1 Å². The number of rotatable bonds is 10.